The van der Waals surface area contributed by atoms with Gasteiger partial charge in [-0.3, -0.25) is 4.79 Å². The first-order valence-corrected chi connectivity index (χ1v) is 4.00. The zero-order valence-corrected chi connectivity index (χ0v) is 7.46. The Bertz CT molecular complexity index is 123. The van der Waals surface area contributed by atoms with Crippen LogP contribution in [0.3, 0.4) is 0 Å². The molecule has 0 aliphatic rings. The highest BCUT2D eigenvalue weighted by molar-refractivity contribution is 5.72. The predicted octanol–water partition coefficient (Wildman–Crippen LogP) is 0.780. The molecule has 0 aliphatic carbocycles. The summed E-state index contributed by atoms with van der Waals surface area (Å²) >= 11 is 0. The van der Waals surface area contributed by atoms with Gasteiger partial charge in [0.25, 0.3) is 0 Å². The highest BCUT2D eigenvalue weighted by Gasteiger charge is 2.21. The summed E-state index contributed by atoms with van der Waals surface area (Å²) in [4.78, 5) is 11.1. The van der Waals surface area contributed by atoms with Crippen LogP contribution >= 0.6 is 0 Å². The second-order valence-electron chi connectivity index (χ2n) is 2.84. The molecule has 11 heavy (non-hydrogen) atoms. The second kappa shape index (κ2) is 5.13. The van der Waals surface area contributed by atoms with Gasteiger partial charge in [-0.05, 0) is 12.8 Å². The molecule has 0 saturated heterocycles. The van der Waals surface area contributed by atoms with Gasteiger partial charge >= 0.3 is 5.97 Å². The van der Waals surface area contributed by atoms with Gasteiger partial charge in [-0.25, -0.2) is 0 Å². The van der Waals surface area contributed by atoms with Gasteiger partial charge in [0.1, 0.15) is 0 Å². The van der Waals surface area contributed by atoms with E-state index in [0.717, 1.165) is 0 Å². The average molecular weight is 159 g/mol. The van der Waals surface area contributed by atoms with Crippen molar-refractivity contribution >= 4 is 5.97 Å². The normalized spacial score (nSPS) is 13.2. The largest absolute Gasteiger partial charge is 0.466 e. The molecule has 0 spiro atoms. The smallest absolute Gasteiger partial charge is 0.310 e. The van der Waals surface area contributed by atoms with Crippen LogP contribution in [0.4, 0.5) is 0 Å². The van der Waals surface area contributed by atoms with E-state index in [0.29, 0.717) is 13.2 Å². The highest BCUT2D eigenvalue weighted by atomic mass is 16.5. The summed E-state index contributed by atoms with van der Waals surface area (Å²) in [7, 11) is 0. The van der Waals surface area contributed by atoms with Gasteiger partial charge in [-0.1, -0.05) is 13.8 Å². The van der Waals surface area contributed by atoms with E-state index in [-0.39, 0.29) is 17.8 Å². The fraction of sp³-hybridized carbons (Fsp3) is 0.875. The van der Waals surface area contributed by atoms with Crippen LogP contribution in [-0.2, 0) is 9.53 Å². The van der Waals surface area contributed by atoms with E-state index < -0.39 is 0 Å². The van der Waals surface area contributed by atoms with Crippen molar-refractivity contribution in [2.24, 2.45) is 17.6 Å². The Labute approximate surface area is 67.9 Å². The molecule has 2 N–H and O–H groups in total. The minimum atomic E-state index is -0.176. The standard InChI is InChI=1S/C8H17NO2/c1-4-11-8(10)7(5-9)6(2)3/h6-7H,4-5,9H2,1-3H3. The number of nitrogens with two attached hydrogens (primary N) is 1. The first-order valence-electron chi connectivity index (χ1n) is 4.00. The summed E-state index contributed by atoms with van der Waals surface area (Å²) in [5.74, 6) is -0.0565. The van der Waals surface area contributed by atoms with Gasteiger partial charge in [0, 0.05) is 6.54 Å². The molecule has 0 saturated carbocycles. The maximum atomic E-state index is 11.1. The Morgan fingerprint density at radius 1 is 1.55 bits per heavy atom. The van der Waals surface area contributed by atoms with Crippen molar-refractivity contribution in [3.63, 3.8) is 0 Å². The molecule has 0 fully saturated rings. The number of carbonyl (C=O) groups is 1. The third-order valence-corrected chi connectivity index (χ3v) is 1.65. The van der Waals surface area contributed by atoms with Crippen molar-refractivity contribution in [2.75, 3.05) is 13.2 Å². The lowest BCUT2D eigenvalue weighted by Crippen LogP contribution is -2.29. The van der Waals surface area contributed by atoms with Crippen molar-refractivity contribution < 1.29 is 9.53 Å². The van der Waals surface area contributed by atoms with Crippen molar-refractivity contribution in [3.8, 4) is 0 Å². The Morgan fingerprint density at radius 2 is 2.09 bits per heavy atom. The lowest BCUT2D eigenvalue weighted by molar-refractivity contribution is -0.149. The van der Waals surface area contributed by atoms with Crippen molar-refractivity contribution in [3.05, 3.63) is 0 Å². The molecular formula is C8H17NO2. The van der Waals surface area contributed by atoms with E-state index in [2.05, 4.69) is 0 Å². The van der Waals surface area contributed by atoms with Crippen LogP contribution in [0.2, 0.25) is 0 Å². The number of hydrogen-bond donors (Lipinski definition) is 1. The summed E-state index contributed by atoms with van der Waals surface area (Å²) in [6.45, 7) is 6.53. The van der Waals surface area contributed by atoms with Crippen LogP contribution in [0.5, 0.6) is 0 Å². The molecule has 3 heteroatoms. The monoisotopic (exact) mass is 159 g/mol. The van der Waals surface area contributed by atoms with Crippen LogP contribution in [-0.4, -0.2) is 19.1 Å². The minimum absolute atomic E-state index is 0.144. The van der Waals surface area contributed by atoms with Gasteiger partial charge in [-0.2, -0.15) is 0 Å². The molecule has 0 heterocycles. The predicted molar refractivity (Wildman–Crippen MR) is 44.0 cm³/mol. The van der Waals surface area contributed by atoms with E-state index >= 15 is 0 Å². The van der Waals surface area contributed by atoms with Crippen molar-refractivity contribution in [1.29, 1.82) is 0 Å². The SMILES string of the molecule is CCOC(=O)C(CN)C(C)C. The molecule has 0 radical (unpaired) electrons. The van der Waals surface area contributed by atoms with Crippen LogP contribution in [0.15, 0.2) is 0 Å². The van der Waals surface area contributed by atoms with Crippen molar-refractivity contribution in [2.45, 2.75) is 20.8 Å². The summed E-state index contributed by atoms with van der Waals surface area (Å²) in [6.07, 6.45) is 0. The zero-order chi connectivity index (χ0) is 8.85. The van der Waals surface area contributed by atoms with E-state index in [9.17, 15) is 4.79 Å². The topological polar surface area (TPSA) is 52.3 Å². The molecule has 0 aliphatic heterocycles. The lowest BCUT2D eigenvalue weighted by atomic mass is 9.96. The molecule has 1 unspecified atom stereocenters. The van der Waals surface area contributed by atoms with Gasteiger partial charge in [0.05, 0.1) is 12.5 Å². The van der Waals surface area contributed by atoms with Crippen molar-refractivity contribution in [1.82, 2.24) is 0 Å². The highest BCUT2D eigenvalue weighted by Crippen LogP contribution is 2.10. The van der Waals surface area contributed by atoms with Crippen LogP contribution < -0.4 is 5.73 Å². The van der Waals surface area contributed by atoms with Gasteiger partial charge in [0.15, 0.2) is 0 Å². The Hall–Kier alpha value is -0.570. The number of ether oxygens (including phenoxy) is 1. The first-order chi connectivity index (χ1) is 5.13. The summed E-state index contributed by atoms with van der Waals surface area (Å²) in [6, 6.07) is 0. The Kier molecular flexibility index (Phi) is 4.86. The van der Waals surface area contributed by atoms with Gasteiger partial charge < -0.3 is 10.5 Å². The van der Waals surface area contributed by atoms with E-state index in [1.807, 2.05) is 13.8 Å². The number of carbonyl (C=O) groups excluding carboxylic acids is 1. The molecule has 0 aromatic heterocycles. The summed E-state index contributed by atoms with van der Waals surface area (Å²) in [5.41, 5.74) is 5.40. The molecule has 0 amide bonds. The van der Waals surface area contributed by atoms with E-state index in [1.54, 1.807) is 6.92 Å². The molecule has 3 nitrogen and oxygen atoms in total. The first kappa shape index (κ1) is 10.4. The molecule has 0 aromatic rings. The van der Waals surface area contributed by atoms with E-state index in [1.165, 1.54) is 0 Å². The fourth-order valence-corrected chi connectivity index (χ4v) is 0.890. The number of rotatable bonds is 4. The third-order valence-electron chi connectivity index (χ3n) is 1.65. The molecule has 0 bridgehead atoms. The van der Waals surface area contributed by atoms with Gasteiger partial charge in [0.2, 0.25) is 0 Å². The molecule has 0 rings (SSSR count). The zero-order valence-electron chi connectivity index (χ0n) is 7.46. The molecule has 1 atom stereocenters. The number of hydrogen-bond acceptors (Lipinski definition) is 3. The minimum Gasteiger partial charge on any atom is -0.466 e. The maximum absolute atomic E-state index is 11.1. The molecular weight excluding hydrogens is 142 g/mol. The van der Waals surface area contributed by atoms with Crippen LogP contribution in [0, 0.1) is 11.8 Å². The number of esters is 1. The van der Waals surface area contributed by atoms with Crippen LogP contribution in [0.1, 0.15) is 20.8 Å². The lowest BCUT2D eigenvalue weighted by Gasteiger charge is -2.16. The molecule has 66 valence electrons. The fourth-order valence-electron chi connectivity index (χ4n) is 0.890. The molecule has 0 aromatic carbocycles. The second-order valence-corrected chi connectivity index (χ2v) is 2.84. The average Bonchev–Trinajstić information content (AvgIpc) is 1.88. The third kappa shape index (κ3) is 3.37. The summed E-state index contributed by atoms with van der Waals surface area (Å²) in [5, 5.41) is 0. The summed E-state index contributed by atoms with van der Waals surface area (Å²) < 4.78 is 4.84. The Balaban J connectivity index is 3.92. The van der Waals surface area contributed by atoms with Gasteiger partial charge in [-0.15, -0.1) is 0 Å². The van der Waals surface area contributed by atoms with E-state index in [4.69, 9.17) is 10.5 Å². The quantitative estimate of drug-likeness (QED) is 0.617. The Morgan fingerprint density at radius 3 is 2.36 bits per heavy atom. The maximum Gasteiger partial charge on any atom is 0.310 e. The van der Waals surface area contributed by atoms with Crippen LogP contribution in [0.25, 0.3) is 0 Å².